The van der Waals surface area contributed by atoms with Gasteiger partial charge in [-0.2, -0.15) is 0 Å². The molecule has 0 aliphatic heterocycles. The molecule has 1 N–H and O–H groups in total. The van der Waals surface area contributed by atoms with Crippen molar-refractivity contribution in [2.45, 2.75) is 20.3 Å². The molecule has 0 heterocycles. The van der Waals surface area contributed by atoms with Crippen LogP contribution in [-0.2, 0) is 0 Å². The number of rotatable bonds is 5. The van der Waals surface area contributed by atoms with Gasteiger partial charge in [-0.3, -0.25) is 0 Å². The van der Waals surface area contributed by atoms with Crippen molar-refractivity contribution < 1.29 is 0 Å². The van der Waals surface area contributed by atoms with E-state index in [0.717, 1.165) is 17.8 Å². The van der Waals surface area contributed by atoms with Gasteiger partial charge in [-0.15, -0.1) is 0 Å². The molecule has 0 atom stereocenters. The van der Waals surface area contributed by atoms with Crippen molar-refractivity contribution in [2.75, 3.05) is 5.32 Å². The van der Waals surface area contributed by atoms with Gasteiger partial charge in [0.1, 0.15) is 0 Å². The minimum atomic E-state index is 1.01. The topological polar surface area (TPSA) is 12.0 Å². The third-order valence-electron chi connectivity index (χ3n) is 2.21. The summed E-state index contributed by atoms with van der Waals surface area (Å²) < 4.78 is 0. The molecule has 0 aliphatic carbocycles. The van der Waals surface area contributed by atoms with Crippen LogP contribution in [0.2, 0.25) is 0 Å². The van der Waals surface area contributed by atoms with Crippen LogP contribution in [0.4, 0.5) is 5.69 Å². The molecule has 84 valence electrons. The van der Waals surface area contributed by atoms with Crippen LogP contribution in [0.25, 0.3) is 0 Å². The lowest BCUT2D eigenvalue weighted by Crippen LogP contribution is -1.95. The van der Waals surface area contributed by atoms with Crippen LogP contribution in [0.1, 0.15) is 18.9 Å². The second-order valence-corrected chi connectivity index (χ2v) is 3.65. The smallest absolute Gasteiger partial charge is 0.0384 e. The number of hydrogen-bond acceptors (Lipinski definition) is 1. The van der Waals surface area contributed by atoms with E-state index in [9.17, 15) is 0 Å². The molecule has 0 aromatic heterocycles. The van der Waals surface area contributed by atoms with Crippen molar-refractivity contribution in [1.29, 1.82) is 0 Å². The first-order valence-electron chi connectivity index (χ1n) is 5.59. The summed E-state index contributed by atoms with van der Waals surface area (Å²) >= 11 is 0. The first-order valence-corrected chi connectivity index (χ1v) is 5.59. The average Bonchev–Trinajstić information content (AvgIpc) is 2.31. The lowest BCUT2D eigenvalue weighted by Gasteiger charge is -2.06. The van der Waals surface area contributed by atoms with Gasteiger partial charge in [0, 0.05) is 11.4 Å². The molecule has 0 amide bonds. The fourth-order valence-electron chi connectivity index (χ4n) is 1.27. The van der Waals surface area contributed by atoms with Crippen LogP contribution in [0.5, 0.6) is 0 Å². The highest BCUT2D eigenvalue weighted by Crippen LogP contribution is 2.11. The van der Waals surface area contributed by atoms with E-state index >= 15 is 0 Å². The van der Waals surface area contributed by atoms with Crippen molar-refractivity contribution in [3.8, 4) is 0 Å². The Hall–Kier alpha value is -1.76. The largest absolute Gasteiger partial charge is 0.356 e. The third kappa shape index (κ3) is 4.18. The average molecular weight is 213 g/mol. The van der Waals surface area contributed by atoms with Crippen molar-refractivity contribution in [2.24, 2.45) is 0 Å². The second-order valence-electron chi connectivity index (χ2n) is 3.65. The number of hydrogen-bond donors (Lipinski definition) is 1. The normalized spacial score (nSPS) is 11.8. The molecule has 0 saturated heterocycles. The lowest BCUT2D eigenvalue weighted by molar-refractivity contribution is 1.22. The first kappa shape index (κ1) is 12.3. The lowest BCUT2D eigenvalue weighted by atomic mass is 10.2. The number of nitrogens with one attached hydrogen (secondary N) is 1. The van der Waals surface area contributed by atoms with Crippen LogP contribution in [-0.4, -0.2) is 0 Å². The van der Waals surface area contributed by atoms with Crippen LogP contribution in [0, 0.1) is 6.92 Å². The molecule has 0 saturated carbocycles. The zero-order chi connectivity index (χ0) is 11.8. The minimum absolute atomic E-state index is 1.01. The molecule has 1 heteroatoms. The Balaban J connectivity index is 2.70. The van der Waals surface area contributed by atoms with Crippen LogP contribution in [0.3, 0.4) is 0 Å². The molecule has 0 unspecified atom stereocenters. The SMILES string of the molecule is C=C/C(=C\C=C/CC)Nc1ccc(C)cc1. The summed E-state index contributed by atoms with van der Waals surface area (Å²) in [5, 5.41) is 3.31. The number of allylic oxidation sites excluding steroid dienone is 4. The van der Waals surface area contributed by atoms with Gasteiger partial charge >= 0.3 is 0 Å². The molecule has 1 nitrogen and oxygen atoms in total. The predicted molar refractivity (Wildman–Crippen MR) is 72.5 cm³/mol. The van der Waals surface area contributed by atoms with E-state index in [1.54, 1.807) is 0 Å². The second kappa shape index (κ2) is 6.67. The van der Waals surface area contributed by atoms with Crippen molar-refractivity contribution in [3.63, 3.8) is 0 Å². The monoisotopic (exact) mass is 213 g/mol. The maximum Gasteiger partial charge on any atom is 0.0384 e. The highest BCUT2D eigenvalue weighted by molar-refractivity contribution is 5.51. The Morgan fingerprint density at radius 1 is 1.31 bits per heavy atom. The third-order valence-corrected chi connectivity index (χ3v) is 2.21. The number of anilines is 1. The van der Waals surface area contributed by atoms with Gasteiger partial charge in [0.15, 0.2) is 0 Å². The van der Waals surface area contributed by atoms with Gasteiger partial charge in [-0.05, 0) is 37.6 Å². The maximum absolute atomic E-state index is 3.79. The van der Waals surface area contributed by atoms with Gasteiger partial charge in [0.25, 0.3) is 0 Å². The van der Waals surface area contributed by atoms with E-state index < -0.39 is 0 Å². The molecule has 0 radical (unpaired) electrons. The molecule has 1 rings (SSSR count). The van der Waals surface area contributed by atoms with Gasteiger partial charge in [-0.25, -0.2) is 0 Å². The fourth-order valence-corrected chi connectivity index (χ4v) is 1.27. The first-order chi connectivity index (χ1) is 7.76. The summed E-state index contributed by atoms with van der Waals surface area (Å²) in [7, 11) is 0. The van der Waals surface area contributed by atoms with E-state index in [1.807, 2.05) is 18.2 Å². The predicted octanol–water partition coefficient (Wildman–Crippen LogP) is 4.44. The van der Waals surface area contributed by atoms with Crippen molar-refractivity contribution in [1.82, 2.24) is 0 Å². The van der Waals surface area contributed by atoms with Gasteiger partial charge in [-0.1, -0.05) is 43.4 Å². The maximum atomic E-state index is 3.79. The van der Waals surface area contributed by atoms with E-state index in [0.29, 0.717) is 0 Å². The van der Waals surface area contributed by atoms with Crippen LogP contribution in [0.15, 0.2) is 60.8 Å². The quantitative estimate of drug-likeness (QED) is 0.713. The Bertz CT molecular complexity index is 382. The van der Waals surface area contributed by atoms with Gasteiger partial charge < -0.3 is 5.32 Å². The van der Waals surface area contributed by atoms with E-state index in [2.05, 4.69) is 56.1 Å². The van der Waals surface area contributed by atoms with Crippen LogP contribution >= 0.6 is 0 Å². The molecule has 0 aliphatic rings. The number of benzene rings is 1. The minimum Gasteiger partial charge on any atom is -0.356 e. The van der Waals surface area contributed by atoms with Gasteiger partial charge in [0.2, 0.25) is 0 Å². The molecular formula is C15H19N. The molecule has 16 heavy (non-hydrogen) atoms. The fraction of sp³-hybridized carbons (Fsp3) is 0.200. The standard InChI is InChI=1S/C15H19N/c1-4-6-7-8-14(5-2)16-15-11-9-13(3)10-12-15/h5-12,16H,2,4H2,1,3H3/b7-6-,14-8+. The van der Waals surface area contributed by atoms with E-state index in [4.69, 9.17) is 0 Å². The van der Waals surface area contributed by atoms with Crippen LogP contribution < -0.4 is 5.32 Å². The summed E-state index contributed by atoms with van der Waals surface area (Å²) in [5.41, 5.74) is 3.36. The summed E-state index contributed by atoms with van der Waals surface area (Å²) in [6, 6.07) is 8.31. The highest BCUT2D eigenvalue weighted by atomic mass is 14.9. The Labute approximate surface area is 98.2 Å². The molecule has 1 aromatic rings. The molecule has 0 spiro atoms. The van der Waals surface area contributed by atoms with E-state index in [-0.39, 0.29) is 0 Å². The van der Waals surface area contributed by atoms with E-state index in [1.165, 1.54) is 5.56 Å². The Morgan fingerprint density at radius 3 is 2.56 bits per heavy atom. The Kier molecular flexibility index (Phi) is 5.13. The zero-order valence-corrected chi connectivity index (χ0v) is 10.0. The molecule has 0 fully saturated rings. The number of aryl methyl sites for hydroxylation is 1. The summed E-state index contributed by atoms with van der Waals surface area (Å²) in [4.78, 5) is 0. The molecule has 1 aromatic carbocycles. The van der Waals surface area contributed by atoms with Gasteiger partial charge in [0.05, 0.1) is 0 Å². The summed E-state index contributed by atoms with van der Waals surface area (Å²) in [6.07, 6.45) is 9.04. The summed E-state index contributed by atoms with van der Waals surface area (Å²) in [5.74, 6) is 0. The van der Waals surface area contributed by atoms with Crippen molar-refractivity contribution >= 4 is 5.69 Å². The molecule has 0 bridgehead atoms. The summed E-state index contributed by atoms with van der Waals surface area (Å²) in [6.45, 7) is 7.99. The Morgan fingerprint density at radius 2 is 2.00 bits per heavy atom. The molecular weight excluding hydrogens is 194 g/mol. The zero-order valence-electron chi connectivity index (χ0n) is 10.0. The highest BCUT2D eigenvalue weighted by Gasteiger charge is 1.92. The van der Waals surface area contributed by atoms with Crippen molar-refractivity contribution in [3.05, 3.63) is 66.4 Å².